The predicted molar refractivity (Wildman–Crippen MR) is 71.9 cm³/mol. The van der Waals surface area contributed by atoms with Crippen molar-refractivity contribution in [3.05, 3.63) is 34.4 Å². The Morgan fingerprint density at radius 3 is 3.00 bits per heavy atom. The zero-order valence-electron chi connectivity index (χ0n) is 10.8. The Morgan fingerprint density at radius 1 is 1.53 bits per heavy atom. The Balaban J connectivity index is 2.02. The van der Waals surface area contributed by atoms with Gasteiger partial charge in [-0.1, -0.05) is 6.07 Å². The first-order valence-electron chi connectivity index (χ1n) is 6.35. The SMILES string of the molecule is C[C@H]1C[C@@H](C(=O)Nc2cccc([N+](=O)[O-])c2)CCN1. The summed E-state index contributed by atoms with van der Waals surface area (Å²) < 4.78 is 0. The number of hydrogen-bond acceptors (Lipinski definition) is 4. The summed E-state index contributed by atoms with van der Waals surface area (Å²) in [5.74, 6) is -0.0932. The second-order valence-corrected chi connectivity index (χ2v) is 4.87. The van der Waals surface area contributed by atoms with Crippen LogP contribution in [0, 0.1) is 16.0 Å². The number of piperidine rings is 1. The summed E-state index contributed by atoms with van der Waals surface area (Å²) in [5, 5.41) is 16.7. The molecule has 6 nitrogen and oxygen atoms in total. The second-order valence-electron chi connectivity index (χ2n) is 4.87. The number of amides is 1. The minimum Gasteiger partial charge on any atom is -0.326 e. The molecular formula is C13H17N3O3. The number of hydrogen-bond donors (Lipinski definition) is 2. The van der Waals surface area contributed by atoms with Gasteiger partial charge < -0.3 is 10.6 Å². The molecule has 1 amide bonds. The maximum atomic E-state index is 12.1. The molecule has 1 aromatic rings. The highest BCUT2D eigenvalue weighted by atomic mass is 16.6. The largest absolute Gasteiger partial charge is 0.326 e. The maximum absolute atomic E-state index is 12.1. The Bertz CT molecular complexity index is 490. The van der Waals surface area contributed by atoms with Crippen molar-refractivity contribution in [3.63, 3.8) is 0 Å². The zero-order valence-corrected chi connectivity index (χ0v) is 10.8. The van der Waals surface area contributed by atoms with Crippen LogP contribution in [0.25, 0.3) is 0 Å². The van der Waals surface area contributed by atoms with E-state index < -0.39 is 4.92 Å². The van der Waals surface area contributed by atoms with E-state index in [-0.39, 0.29) is 17.5 Å². The molecule has 0 spiro atoms. The Kier molecular flexibility index (Phi) is 4.11. The fourth-order valence-electron chi connectivity index (χ4n) is 2.31. The highest BCUT2D eigenvalue weighted by Gasteiger charge is 2.24. The van der Waals surface area contributed by atoms with E-state index in [1.165, 1.54) is 12.1 Å². The van der Waals surface area contributed by atoms with Gasteiger partial charge in [0.05, 0.1) is 4.92 Å². The van der Waals surface area contributed by atoms with Crippen LogP contribution in [0.5, 0.6) is 0 Å². The highest BCUT2D eigenvalue weighted by Crippen LogP contribution is 2.21. The summed E-state index contributed by atoms with van der Waals surface area (Å²) in [6, 6.07) is 6.34. The second kappa shape index (κ2) is 5.79. The van der Waals surface area contributed by atoms with Crippen molar-refractivity contribution in [2.45, 2.75) is 25.8 Å². The quantitative estimate of drug-likeness (QED) is 0.644. The summed E-state index contributed by atoms with van der Waals surface area (Å²) >= 11 is 0. The van der Waals surface area contributed by atoms with Crippen molar-refractivity contribution in [1.29, 1.82) is 0 Å². The molecule has 0 aromatic heterocycles. The van der Waals surface area contributed by atoms with E-state index in [9.17, 15) is 14.9 Å². The van der Waals surface area contributed by atoms with Crippen LogP contribution in [0.1, 0.15) is 19.8 Å². The van der Waals surface area contributed by atoms with Gasteiger partial charge in [0, 0.05) is 29.8 Å². The van der Waals surface area contributed by atoms with E-state index in [4.69, 9.17) is 0 Å². The Labute approximate surface area is 111 Å². The van der Waals surface area contributed by atoms with E-state index in [2.05, 4.69) is 10.6 Å². The molecule has 0 radical (unpaired) electrons. The van der Waals surface area contributed by atoms with Gasteiger partial charge >= 0.3 is 0 Å². The maximum Gasteiger partial charge on any atom is 0.271 e. The number of nitrogens with one attached hydrogen (secondary N) is 2. The van der Waals surface area contributed by atoms with E-state index in [0.29, 0.717) is 11.7 Å². The molecule has 102 valence electrons. The number of nitrogens with zero attached hydrogens (tertiary/aromatic N) is 1. The molecule has 1 saturated heterocycles. The van der Waals surface area contributed by atoms with Gasteiger partial charge in [-0.2, -0.15) is 0 Å². The van der Waals surface area contributed by atoms with Gasteiger partial charge in [0.25, 0.3) is 5.69 Å². The fraction of sp³-hybridized carbons (Fsp3) is 0.462. The van der Waals surface area contributed by atoms with Crippen molar-refractivity contribution in [1.82, 2.24) is 5.32 Å². The standard InChI is InChI=1S/C13H17N3O3/c1-9-7-10(5-6-14-9)13(17)15-11-3-2-4-12(8-11)16(18)19/h2-4,8-10,14H,5-7H2,1H3,(H,15,17)/t9-,10-/m0/s1. The summed E-state index contributed by atoms with van der Waals surface area (Å²) in [4.78, 5) is 22.3. The van der Waals surface area contributed by atoms with Crippen molar-refractivity contribution < 1.29 is 9.72 Å². The fourth-order valence-corrected chi connectivity index (χ4v) is 2.31. The normalized spacial score (nSPS) is 22.8. The topological polar surface area (TPSA) is 84.3 Å². The third kappa shape index (κ3) is 3.51. The van der Waals surface area contributed by atoms with Gasteiger partial charge in [-0.3, -0.25) is 14.9 Å². The molecule has 0 bridgehead atoms. The third-order valence-corrected chi connectivity index (χ3v) is 3.32. The first-order chi connectivity index (χ1) is 9.06. The molecule has 19 heavy (non-hydrogen) atoms. The van der Waals surface area contributed by atoms with E-state index in [1.807, 2.05) is 6.92 Å². The van der Waals surface area contributed by atoms with Crippen LogP contribution in [0.3, 0.4) is 0 Å². The van der Waals surface area contributed by atoms with Gasteiger partial charge in [-0.05, 0) is 32.4 Å². The zero-order chi connectivity index (χ0) is 13.8. The molecule has 1 aliphatic heterocycles. The molecule has 2 rings (SSSR count). The molecule has 6 heteroatoms. The van der Waals surface area contributed by atoms with Gasteiger partial charge in [-0.25, -0.2) is 0 Å². The van der Waals surface area contributed by atoms with E-state index >= 15 is 0 Å². The highest BCUT2D eigenvalue weighted by molar-refractivity contribution is 5.92. The lowest BCUT2D eigenvalue weighted by Crippen LogP contribution is -2.40. The van der Waals surface area contributed by atoms with Crippen LogP contribution >= 0.6 is 0 Å². The Hall–Kier alpha value is -1.95. The lowest BCUT2D eigenvalue weighted by molar-refractivity contribution is -0.384. The predicted octanol–water partition coefficient (Wildman–Crippen LogP) is 1.92. The van der Waals surface area contributed by atoms with Crippen LogP contribution in [0.15, 0.2) is 24.3 Å². The molecule has 0 unspecified atom stereocenters. The number of rotatable bonds is 3. The minimum atomic E-state index is -0.470. The number of nitro benzene ring substituents is 1. The Morgan fingerprint density at radius 2 is 2.32 bits per heavy atom. The van der Waals surface area contributed by atoms with E-state index in [1.54, 1.807) is 12.1 Å². The summed E-state index contributed by atoms with van der Waals surface area (Å²) in [6.45, 7) is 2.88. The molecule has 2 atom stereocenters. The molecule has 0 saturated carbocycles. The van der Waals surface area contributed by atoms with Gasteiger partial charge in [0.2, 0.25) is 5.91 Å². The molecule has 0 aliphatic carbocycles. The average molecular weight is 263 g/mol. The summed E-state index contributed by atoms with van der Waals surface area (Å²) in [5.41, 5.74) is 0.460. The smallest absolute Gasteiger partial charge is 0.271 e. The van der Waals surface area contributed by atoms with Crippen molar-refractivity contribution in [2.24, 2.45) is 5.92 Å². The monoisotopic (exact) mass is 263 g/mol. The first-order valence-corrected chi connectivity index (χ1v) is 6.35. The number of nitro groups is 1. The molecule has 2 N–H and O–H groups in total. The lowest BCUT2D eigenvalue weighted by Gasteiger charge is -2.27. The van der Waals surface area contributed by atoms with Gasteiger partial charge in [0.15, 0.2) is 0 Å². The number of non-ortho nitro benzene ring substituents is 1. The first kappa shape index (κ1) is 13.5. The average Bonchev–Trinajstić information content (AvgIpc) is 2.39. The van der Waals surface area contributed by atoms with Crippen LogP contribution in [-0.4, -0.2) is 23.4 Å². The molecular weight excluding hydrogens is 246 g/mol. The minimum absolute atomic E-state index is 0.0171. The van der Waals surface area contributed by atoms with Crippen LogP contribution in [-0.2, 0) is 4.79 Å². The summed E-state index contributed by atoms with van der Waals surface area (Å²) in [6.07, 6.45) is 1.59. The third-order valence-electron chi connectivity index (χ3n) is 3.32. The van der Waals surface area contributed by atoms with Crippen LogP contribution < -0.4 is 10.6 Å². The van der Waals surface area contributed by atoms with Crippen LogP contribution in [0.4, 0.5) is 11.4 Å². The molecule has 1 heterocycles. The molecule has 1 fully saturated rings. The number of carbonyl (C=O) groups is 1. The molecule has 1 aromatic carbocycles. The number of carbonyl (C=O) groups excluding carboxylic acids is 1. The van der Waals surface area contributed by atoms with E-state index in [0.717, 1.165) is 19.4 Å². The van der Waals surface area contributed by atoms with Gasteiger partial charge in [0.1, 0.15) is 0 Å². The lowest BCUT2D eigenvalue weighted by atomic mass is 9.92. The summed E-state index contributed by atoms with van der Waals surface area (Å²) in [7, 11) is 0. The number of benzene rings is 1. The van der Waals surface area contributed by atoms with Crippen molar-refractivity contribution >= 4 is 17.3 Å². The van der Waals surface area contributed by atoms with Crippen LogP contribution in [0.2, 0.25) is 0 Å². The number of anilines is 1. The molecule has 1 aliphatic rings. The van der Waals surface area contributed by atoms with Crippen molar-refractivity contribution in [2.75, 3.05) is 11.9 Å². The van der Waals surface area contributed by atoms with Gasteiger partial charge in [-0.15, -0.1) is 0 Å². The van der Waals surface area contributed by atoms with Crippen molar-refractivity contribution in [3.8, 4) is 0 Å².